The summed E-state index contributed by atoms with van der Waals surface area (Å²) in [7, 11) is 4.19. The number of aromatic nitrogens is 1. The number of rotatable bonds is 4. The summed E-state index contributed by atoms with van der Waals surface area (Å²) in [4.78, 5) is 33.6. The summed E-state index contributed by atoms with van der Waals surface area (Å²) in [6.07, 6.45) is 6.56. The minimum atomic E-state index is -0.956. The summed E-state index contributed by atoms with van der Waals surface area (Å²) in [6, 6.07) is 11.3. The number of hydrogen-bond donors (Lipinski definition) is 1. The third-order valence-corrected chi connectivity index (χ3v) is 8.69. The van der Waals surface area contributed by atoms with Crippen molar-refractivity contribution < 1.29 is 9.90 Å². The van der Waals surface area contributed by atoms with Crippen LogP contribution < -0.4 is 5.56 Å². The molecule has 1 aromatic heterocycles. The number of carbonyl (C=O) groups is 1. The third-order valence-electron chi connectivity index (χ3n) is 8.69. The zero-order valence-corrected chi connectivity index (χ0v) is 21.1. The molecule has 188 valence electrons. The Labute approximate surface area is 208 Å². The van der Waals surface area contributed by atoms with Gasteiger partial charge in [0.05, 0.1) is 17.7 Å². The van der Waals surface area contributed by atoms with Gasteiger partial charge in [0, 0.05) is 62.5 Å². The Balaban J connectivity index is 1.54. The fourth-order valence-electron chi connectivity index (χ4n) is 6.49. The minimum Gasteiger partial charge on any atom is -0.387 e. The Kier molecular flexibility index (Phi) is 6.59. The molecule has 3 heterocycles. The lowest BCUT2D eigenvalue weighted by Gasteiger charge is -2.51. The second-order valence-corrected chi connectivity index (χ2v) is 11.0. The molecule has 2 aliphatic heterocycles. The summed E-state index contributed by atoms with van der Waals surface area (Å²) < 4.78 is 1.61. The second kappa shape index (κ2) is 9.52. The van der Waals surface area contributed by atoms with Crippen LogP contribution in [0.15, 0.2) is 47.4 Å². The van der Waals surface area contributed by atoms with Crippen LogP contribution in [0.25, 0.3) is 11.1 Å². The monoisotopic (exact) mass is 478 g/mol. The highest BCUT2D eigenvalue weighted by molar-refractivity contribution is 6.00. The second-order valence-electron chi connectivity index (χ2n) is 11.0. The van der Waals surface area contributed by atoms with E-state index < -0.39 is 5.60 Å². The Morgan fingerprint density at radius 2 is 1.63 bits per heavy atom. The molecule has 0 bridgehead atoms. The first-order chi connectivity index (χ1) is 16.8. The molecule has 7 nitrogen and oxygen atoms in total. The molecule has 1 saturated carbocycles. The van der Waals surface area contributed by atoms with E-state index in [4.69, 9.17) is 0 Å². The van der Waals surface area contributed by atoms with Gasteiger partial charge in [0.25, 0.3) is 11.5 Å². The van der Waals surface area contributed by atoms with Crippen molar-refractivity contribution >= 4 is 5.91 Å². The van der Waals surface area contributed by atoms with Gasteiger partial charge < -0.3 is 24.4 Å². The molecule has 0 radical (unpaired) electrons. The van der Waals surface area contributed by atoms with E-state index in [0.29, 0.717) is 30.6 Å². The molecule has 1 unspecified atom stereocenters. The first-order valence-corrected chi connectivity index (χ1v) is 13.0. The zero-order valence-electron chi connectivity index (χ0n) is 21.1. The fraction of sp³-hybridized carbons (Fsp3) is 0.571. The van der Waals surface area contributed by atoms with Crippen LogP contribution in [0.2, 0.25) is 0 Å². The van der Waals surface area contributed by atoms with Gasteiger partial charge in [-0.15, -0.1) is 0 Å². The molecule has 1 atom stereocenters. The zero-order chi connectivity index (χ0) is 24.6. The molecule has 1 amide bonds. The molecule has 35 heavy (non-hydrogen) atoms. The summed E-state index contributed by atoms with van der Waals surface area (Å²) in [6.45, 7) is 4.90. The van der Waals surface area contributed by atoms with Crippen molar-refractivity contribution in [3.8, 4) is 11.1 Å². The highest BCUT2D eigenvalue weighted by Crippen LogP contribution is 2.51. The Hall–Kier alpha value is -2.48. The van der Waals surface area contributed by atoms with Crippen LogP contribution in [0.3, 0.4) is 0 Å². The number of nitrogens with zero attached hydrogens (tertiary/aromatic N) is 4. The van der Waals surface area contributed by atoms with Crippen molar-refractivity contribution in [1.82, 2.24) is 19.3 Å². The summed E-state index contributed by atoms with van der Waals surface area (Å²) in [5, 5.41) is 12.0. The van der Waals surface area contributed by atoms with Crippen molar-refractivity contribution in [2.24, 2.45) is 5.41 Å². The maximum absolute atomic E-state index is 13.8. The van der Waals surface area contributed by atoms with Crippen LogP contribution >= 0.6 is 0 Å². The molecule has 3 aliphatic rings. The highest BCUT2D eigenvalue weighted by atomic mass is 16.3. The number of piperidine rings is 1. The van der Waals surface area contributed by atoms with Gasteiger partial charge in [-0.2, -0.15) is 0 Å². The highest BCUT2D eigenvalue weighted by Gasteiger charge is 2.54. The molecule has 5 rings (SSSR count). The maximum Gasteiger partial charge on any atom is 0.256 e. The SMILES string of the molecule is CN1CCN(C(=O)c2cn(CC3(O)CCN(C)CC34CCCC4)c(=O)cc2-c2ccccc2)CC1. The van der Waals surface area contributed by atoms with Gasteiger partial charge in [0.2, 0.25) is 0 Å². The molecule has 3 fully saturated rings. The average molecular weight is 479 g/mol. The quantitative estimate of drug-likeness (QED) is 0.732. The van der Waals surface area contributed by atoms with Crippen LogP contribution in [0, 0.1) is 5.41 Å². The lowest BCUT2D eigenvalue weighted by molar-refractivity contribution is -0.139. The molecule has 7 heteroatoms. The molecule has 2 saturated heterocycles. The van der Waals surface area contributed by atoms with Crippen molar-refractivity contribution in [2.75, 3.05) is 53.4 Å². The van der Waals surface area contributed by atoms with Gasteiger partial charge in [-0.25, -0.2) is 0 Å². The molecule has 1 aromatic carbocycles. The van der Waals surface area contributed by atoms with E-state index in [1.54, 1.807) is 16.8 Å². The van der Waals surface area contributed by atoms with Gasteiger partial charge in [0.15, 0.2) is 0 Å². The van der Waals surface area contributed by atoms with Gasteiger partial charge >= 0.3 is 0 Å². The van der Waals surface area contributed by atoms with E-state index in [0.717, 1.165) is 57.4 Å². The number of likely N-dealkylation sites (tertiary alicyclic amines) is 1. The van der Waals surface area contributed by atoms with Gasteiger partial charge in [0.1, 0.15) is 0 Å². The molecule has 1 aliphatic carbocycles. The number of likely N-dealkylation sites (N-methyl/N-ethyl adjacent to an activating group) is 1. The number of pyridine rings is 1. The van der Waals surface area contributed by atoms with Crippen molar-refractivity contribution in [3.05, 3.63) is 58.5 Å². The Bertz CT molecular complexity index is 1120. The number of aliphatic hydroxyl groups is 1. The summed E-state index contributed by atoms with van der Waals surface area (Å²) >= 11 is 0. The van der Waals surface area contributed by atoms with Gasteiger partial charge in [-0.3, -0.25) is 9.59 Å². The van der Waals surface area contributed by atoms with Crippen molar-refractivity contribution in [1.29, 1.82) is 0 Å². The third kappa shape index (κ3) is 4.57. The van der Waals surface area contributed by atoms with Crippen LogP contribution in [0.4, 0.5) is 0 Å². The predicted molar refractivity (Wildman–Crippen MR) is 138 cm³/mol. The van der Waals surface area contributed by atoms with Crippen molar-refractivity contribution in [2.45, 2.75) is 44.2 Å². The topological polar surface area (TPSA) is 69.0 Å². The fourth-order valence-corrected chi connectivity index (χ4v) is 6.49. The molecule has 2 aromatic rings. The molecule has 1 spiro atoms. The van der Waals surface area contributed by atoms with E-state index in [1.165, 1.54) is 0 Å². The predicted octanol–water partition coefficient (Wildman–Crippen LogP) is 2.53. The van der Waals surface area contributed by atoms with Gasteiger partial charge in [-0.05, 0) is 38.9 Å². The average Bonchev–Trinajstić information content (AvgIpc) is 3.33. The number of amides is 1. The first-order valence-electron chi connectivity index (χ1n) is 13.0. The largest absolute Gasteiger partial charge is 0.387 e. The Morgan fingerprint density at radius 1 is 0.943 bits per heavy atom. The maximum atomic E-state index is 13.8. The van der Waals surface area contributed by atoms with Crippen LogP contribution in [0.1, 0.15) is 42.5 Å². The minimum absolute atomic E-state index is 0.0448. The van der Waals surface area contributed by atoms with Gasteiger partial charge in [-0.1, -0.05) is 43.2 Å². The van der Waals surface area contributed by atoms with Crippen LogP contribution in [-0.4, -0.2) is 89.2 Å². The van der Waals surface area contributed by atoms with E-state index in [-0.39, 0.29) is 23.4 Å². The smallest absolute Gasteiger partial charge is 0.256 e. The lowest BCUT2D eigenvalue weighted by Crippen LogP contribution is -2.60. The number of hydrogen-bond acceptors (Lipinski definition) is 5. The number of carbonyl (C=O) groups excluding carboxylic acids is 1. The van der Waals surface area contributed by atoms with E-state index in [9.17, 15) is 14.7 Å². The summed E-state index contributed by atoms with van der Waals surface area (Å²) in [5.74, 6) is -0.0448. The Morgan fingerprint density at radius 3 is 2.31 bits per heavy atom. The van der Waals surface area contributed by atoms with E-state index in [2.05, 4.69) is 23.9 Å². The van der Waals surface area contributed by atoms with Crippen LogP contribution in [0.5, 0.6) is 0 Å². The molecular formula is C28H38N4O3. The molecular weight excluding hydrogens is 440 g/mol. The van der Waals surface area contributed by atoms with E-state index >= 15 is 0 Å². The molecule has 1 N–H and O–H groups in total. The number of benzene rings is 1. The first kappa shape index (κ1) is 24.2. The standard InChI is InChI=1S/C28H38N4O3/c1-29-14-16-31(17-15-29)26(34)24-19-32(25(33)18-23(24)22-8-4-3-5-9-22)21-28(35)12-13-30(2)20-27(28)10-6-7-11-27/h3-5,8-9,18-19,35H,6-7,10-17,20-21H2,1-2H3. The number of piperazine rings is 1. The van der Waals surface area contributed by atoms with Crippen molar-refractivity contribution in [3.63, 3.8) is 0 Å². The van der Waals surface area contributed by atoms with E-state index in [1.807, 2.05) is 35.2 Å². The van der Waals surface area contributed by atoms with Crippen LogP contribution in [-0.2, 0) is 6.54 Å². The summed E-state index contributed by atoms with van der Waals surface area (Å²) in [5.41, 5.74) is 0.749. The normalized spacial score (nSPS) is 25.3. The lowest BCUT2D eigenvalue weighted by atomic mass is 9.66.